The number of nitrogens with one attached hydrogen (secondary N) is 1. The quantitative estimate of drug-likeness (QED) is 0.624. The second-order valence-corrected chi connectivity index (χ2v) is 5.57. The van der Waals surface area contributed by atoms with Crippen LogP contribution >= 0.6 is 0 Å². The number of amides is 1. The maximum absolute atomic E-state index is 12.3. The SMILES string of the molecule is O=C(Nc1ncnc2c1ncn2Cc1ccccc1)c1ccccc1. The summed E-state index contributed by atoms with van der Waals surface area (Å²) in [6, 6.07) is 19.1. The van der Waals surface area contributed by atoms with E-state index in [1.54, 1.807) is 18.5 Å². The lowest BCUT2D eigenvalue weighted by atomic mass is 10.2. The van der Waals surface area contributed by atoms with Gasteiger partial charge in [0.1, 0.15) is 6.33 Å². The Hall–Kier alpha value is -3.54. The summed E-state index contributed by atoms with van der Waals surface area (Å²) in [5, 5.41) is 2.81. The van der Waals surface area contributed by atoms with Crippen LogP contribution in [-0.4, -0.2) is 25.4 Å². The van der Waals surface area contributed by atoms with Crippen molar-refractivity contribution in [2.45, 2.75) is 6.54 Å². The van der Waals surface area contributed by atoms with Crippen LogP contribution in [0.4, 0.5) is 5.82 Å². The predicted octanol–water partition coefficient (Wildman–Crippen LogP) is 3.13. The second-order valence-electron chi connectivity index (χ2n) is 5.57. The Kier molecular flexibility index (Phi) is 3.92. The topological polar surface area (TPSA) is 72.7 Å². The molecule has 6 nitrogen and oxygen atoms in total. The van der Waals surface area contributed by atoms with Crippen molar-refractivity contribution < 1.29 is 4.79 Å². The van der Waals surface area contributed by atoms with Crippen molar-refractivity contribution in [3.8, 4) is 0 Å². The Balaban J connectivity index is 1.64. The number of carbonyl (C=O) groups excluding carboxylic acids is 1. The third-order valence-corrected chi connectivity index (χ3v) is 3.86. The van der Waals surface area contributed by atoms with Crippen LogP contribution in [0.1, 0.15) is 15.9 Å². The highest BCUT2D eigenvalue weighted by Crippen LogP contribution is 2.19. The predicted molar refractivity (Wildman–Crippen MR) is 95.3 cm³/mol. The summed E-state index contributed by atoms with van der Waals surface area (Å²) in [5.74, 6) is 0.184. The van der Waals surface area contributed by atoms with Gasteiger partial charge in [-0.15, -0.1) is 0 Å². The summed E-state index contributed by atoms with van der Waals surface area (Å²) in [4.78, 5) is 25.2. The van der Waals surface area contributed by atoms with E-state index in [-0.39, 0.29) is 5.91 Å². The fourth-order valence-corrected chi connectivity index (χ4v) is 2.64. The number of carbonyl (C=O) groups is 1. The average Bonchev–Trinajstić information content (AvgIpc) is 3.07. The van der Waals surface area contributed by atoms with E-state index in [9.17, 15) is 4.79 Å². The third-order valence-electron chi connectivity index (χ3n) is 3.86. The molecule has 0 aliphatic rings. The van der Waals surface area contributed by atoms with E-state index >= 15 is 0 Å². The third kappa shape index (κ3) is 3.10. The van der Waals surface area contributed by atoms with Crippen molar-refractivity contribution >= 4 is 22.9 Å². The van der Waals surface area contributed by atoms with Gasteiger partial charge in [-0.1, -0.05) is 48.5 Å². The molecule has 2 aromatic carbocycles. The number of imidazole rings is 1. The Morgan fingerprint density at radius 2 is 1.64 bits per heavy atom. The van der Waals surface area contributed by atoms with Crippen LogP contribution in [0.25, 0.3) is 11.2 Å². The van der Waals surface area contributed by atoms with Gasteiger partial charge in [0.15, 0.2) is 17.0 Å². The molecule has 0 radical (unpaired) electrons. The summed E-state index contributed by atoms with van der Waals surface area (Å²) in [6.07, 6.45) is 3.15. The molecule has 0 saturated heterocycles. The van der Waals surface area contributed by atoms with Crippen LogP contribution in [0.3, 0.4) is 0 Å². The van der Waals surface area contributed by atoms with Gasteiger partial charge in [0.2, 0.25) is 0 Å². The van der Waals surface area contributed by atoms with E-state index in [1.165, 1.54) is 6.33 Å². The van der Waals surface area contributed by atoms with Crippen molar-refractivity contribution in [1.29, 1.82) is 0 Å². The van der Waals surface area contributed by atoms with Crippen molar-refractivity contribution in [2.75, 3.05) is 5.32 Å². The highest BCUT2D eigenvalue weighted by atomic mass is 16.1. The van der Waals surface area contributed by atoms with Gasteiger partial charge in [-0.05, 0) is 17.7 Å². The number of benzene rings is 2. The molecule has 2 aromatic heterocycles. The van der Waals surface area contributed by atoms with Gasteiger partial charge in [0, 0.05) is 5.56 Å². The maximum atomic E-state index is 12.3. The molecule has 25 heavy (non-hydrogen) atoms. The van der Waals surface area contributed by atoms with E-state index in [1.807, 2.05) is 53.1 Å². The zero-order valence-corrected chi connectivity index (χ0v) is 13.3. The van der Waals surface area contributed by atoms with Gasteiger partial charge < -0.3 is 9.88 Å². The first-order valence-corrected chi connectivity index (χ1v) is 7.87. The first-order valence-electron chi connectivity index (χ1n) is 7.87. The van der Waals surface area contributed by atoms with Crippen molar-refractivity contribution in [3.63, 3.8) is 0 Å². The Morgan fingerprint density at radius 1 is 0.920 bits per heavy atom. The lowest BCUT2D eigenvalue weighted by molar-refractivity contribution is 0.102. The highest BCUT2D eigenvalue weighted by Gasteiger charge is 2.13. The Morgan fingerprint density at radius 3 is 2.40 bits per heavy atom. The molecule has 4 rings (SSSR count). The van der Waals surface area contributed by atoms with Crippen LogP contribution in [0.5, 0.6) is 0 Å². The first kappa shape index (κ1) is 15.0. The molecular weight excluding hydrogens is 314 g/mol. The smallest absolute Gasteiger partial charge is 0.256 e. The molecule has 122 valence electrons. The lowest BCUT2D eigenvalue weighted by Gasteiger charge is -2.06. The number of nitrogens with zero attached hydrogens (tertiary/aromatic N) is 4. The van der Waals surface area contributed by atoms with E-state index in [4.69, 9.17) is 0 Å². The highest BCUT2D eigenvalue weighted by molar-refractivity contribution is 6.06. The van der Waals surface area contributed by atoms with Crippen LogP contribution < -0.4 is 5.32 Å². The average molecular weight is 329 g/mol. The van der Waals surface area contributed by atoms with Crippen LogP contribution in [-0.2, 0) is 6.54 Å². The summed E-state index contributed by atoms with van der Waals surface area (Å²) in [5.41, 5.74) is 2.97. The molecule has 0 aliphatic heterocycles. The molecule has 0 fully saturated rings. The number of anilines is 1. The molecule has 0 spiro atoms. The van der Waals surface area contributed by atoms with Crippen molar-refractivity contribution in [3.05, 3.63) is 84.4 Å². The minimum Gasteiger partial charge on any atom is -0.311 e. The molecule has 4 aromatic rings. The summed E-state index contributed by atoms with van der Waals surface area (Å²) < 4.78 is 1.94. The molecule has 1 N–H and O–H groups in total. The first-order chi connectivity index (χ1) is 12.3. The maximum Gasteiger partial charge on any atom is 0.256 e. The van der Waals surface area contributed by atoms with E-state index in [0.29, 0.717) is 29.1 Å². The normalized spacial score (nSPS) is 10.7. The molecule has 0 unspecified atom stereocenters. The summed E-state index contributed by atoms with van der Waals surface area (Å²) in [7, 11) is 0. The van der Waals surface area contributed by atoms with Gasteiger partial charge >= 0.3 is 0 Å². The van der Waals surface area contributed by atoms with E-state index in [0.717, 1.165) is 5.56 Å². The fraction of sp³-hybridized carbons (Fsp3) is 0.0526. The molecule has 0 aliphatic carbocycles. The zero-order valence-electron chi connectivity index (χ0n) is 13.3. The number of aromatic nitrogens is 4. The van der Waals surface area contributed by atoms with Gasteiger partial charge in [-0.3, -0.25) is 4.79 Å². The zero-order chi connectivity index (χ0) is 17.1. The molecule has 6 heteroatoms. The number of hydrogen-bond donors (Lipinski definition) is 1. The minimum atomic E-state index is -0.224. The van der Waals surface area contributed by atoms with E-state index in [2.05, 4.69) is 20.3 Å². The van der Waals surface area contributed by atoms with Gasteiger partial charge in [0.25, 0.3) is 5.91 Å². The van der Waals surface area contributed by atoms with E-state index < -0.39 is 0 Å². The van der Waals surface area contributed by atoms with Crippen molar-refractivity contribution in [2.24, 2.45) is 0 Å². The van der Waals surface area contributed by atoms with Gasteiger partial charge in [-0.25, -0.2) is 15.0 Å². The monoisotopic (exact) mass is 329 g/mol. The number of rotatable bonds is 4. The van der Waals surface area contributed by atoms with Crippen LogP contribution in [0, 0.1) is 0 Å². The summed E-state index contributed by atoms with van der Waals surface area (Å²) >= 11 is 0. The fourth-order valence-electron chi connectivity index (χ4n) is 2.64. The minimum absolute atomic E-state index is 0.224. The molecule has 2 heterocycles. The molecule has 0 saturated carbocycles. The second kappa shape index (κ2) is 6.52. The van der Waals surface area contributed by atoms with Gasteiger partial charge in [-0.2, -0.15) is 0 Å². The largest absolute Gasteiger partial charge is 0.311 e. The molecule has 0 bridgehead atoms. The standard InChI is InChI=1S/C19H15N5O/c25-19(15-9-5-2-6-10-15)23-17-16-18(21-12-20-17)24(13-22-16)11-14-7-3-1-4-8-14/h1-10,12-13H,11H2,(H,20,21,23,25). The van der Waals surface area contributed by atoms with Gasteiger partial charge in [0.05, 0.1) is 12.9 Å². The van der Waals surface area contributed by atoms with Crippen LogP contribution in [0.15, 0.2) is 73.3 Å². The number of fused-ring (bicyclic) bond motifs is 1. The Bertz CT molecular complexity index is 1010. The molecular formula is C19H15N5O. The molecule has 1 amide bonds. The van der Waals surface area contributed by atoms with Crippen LogP contribution in [0.2, 0.25) is 0 Å². The molecule has 0 atom stereocenters. The lowest BCUT2D eigenvalue weighted by Crippen LogP contribution is -2.13. The number of hydrogen-bond acceptors (Lipinski definition) is 4. The summed E-state index contributed by atoms with van der Waals surface area (Å²) in [6.45, 7) is 0.653. The Labute approximate surface area is 144 Å². The van der Waals surface area contributed by atoms with Crippen molar-refractivity contribution in [1.82, 2.24) is 19.5 Å².